The van der Waals surface area contributed by atoms with Crippen LogP contribution in [0.3, 0.4) is 0 Å². The first-order valence-corrected chi connectivity index (χ1v) is 13.6. The molecular weight excluding hydrogens is 484 g/mol. The zero-order valence-electron chi connectivity index (χ0n) is 22.8. The molecule has 0 aromatic heterocycles. The van der Waals surface area contributed by atoms with Crippen LogP contribution >= 0.6 is 0 Å². The molecule has 2 atom stereocenters. The van der Waals surface area contributed by atoms with Gasteiger partial charge in [-0.1, -0.05) is 51.1 Å². The summed E-state index contributed by atoms with van der Waals surface area (Å²) in [6.07, 6.45) is 6.03. The van der Waals surface area contributed by atoms with Crippen LogP contribution in [0.1, 0.15) is 39.2 Å². The van der Waals surface area contributed by atoms with E-state index in [4.69, 9.17) is 4.74 Å². The fraction of sp³-hybridized carbons (Fsp3) is 0.586. The Morgan fingerprint density at radius 2 is 1.76 bits per heavy atom. The minimum Gasteiger partial charge on any atom is -0.489 e. The molecule has 0 N–H and O–H groups in total. The Bertz CT molecular complexity index is 1060. The molecule has 1 aromatic rings. The third-order valence-electron chi connectivity index (χ3n) is 7.72. The van der Waals surface area contributed by atoms with E-state index in [1.54, 1.807) is 9.80 Å². The Hall–Kier alpha value is -3.36. The van der Waals surface area contributed by atoms with E-state index in [9.17, 15) is 19.2 Å². The number of para-hydroxylation sites is 1. The number of piperazine rings is 1. The normalized spacial score (nSPS) is 23.8. The van der Waals surface area contributed by atoms with Gasteiger partial charge in [-0.15, -0.1) is 0 Å². The highest BCUT2D eigenvalue weighted by Crippen LogP contribution is 2.30. The number of ether oxygens (including phenoxy) is 1. The standard InChI is InChI=1S/C29H40N4O5/c1-29(2,3)28(37)33-19-24-7-4-5-9-25(24)38-16-6-8-23-18-32(27(36)20-33)11-10-22(23)17-26(35)31-14-12-30(21-34)13-15-31/h4-9,21-23H,10-20H2,1-3H3/b8-6-/t22-,23-/m0/s1. The molecule has 9 heteroatoms. The lowest BCUT2D eigenvalue weighted by atomic mass is 9.82. The van der Waals surface area contributed by atoms with E-state index in [0.717, 1.165) is 18.4 Å². The molecule has 9 nitrogen and oxygen atoms in total. The van der Waals surface area contributed by atoms with Crippen molar-refractivity contribution in [1.82, 2.24) is 19.6 Å². The SMILES string of the molecule is CC(C)(C)C(=O)N1CC(=O)N2CC[C@@H](CC(=O)N3CCN(C=O)CC3)[C@@H](/C=C\COc3ccccc3C1)C2. The quantitative estimate of drug-likeness (QED) is 0.447. The van der Waals surface area contributed by atoms with E-state index >= 15 is 0 Å². The monoisotopic (exact) mass is 524 g/mol. The van der Waals surface area contributed by atoms with Crippen molar-refractivity contribution in [1.29, 1.82) is 0 Å². The lowest BCUT2D eigenvalue weighted by molar-refractivity contribution is -0.147. The minimum absolute atomic E-state index is 0.00544. The van der Waals surface area contributed by atoms with Crippen molar-refractivity contribution in [3.8, 4) is 5.75 Å². The van der Waals surface area contributed by atoms with Crippen LogP contribution in [0.15, 0.2) is 36.4 Å². The average molecular weight is 525 g/mol. The second-order valence-corrected chi connectivity index (χ2v) is 11.5. The molecule has 0 aliphatic carbocycles. The second kappa shape index (κ2) is 12.0. The van der Waals surface area contributed by atoms with E-state index in [1.807, 2.05) is 60.9 Å². The van der Waals surface area contributed by atoms with Gasteiger partial charge in [0.05, 0.1) is 0 Å². The van der Waals surface area contributed by atoms with Gasteiger partial charge in [-0.25, -0.2) is 0 Å². The van der Waals surface area contributed by atoms with Gasteiger partial charge in [0.1, 0.15) is 18.9 Å². The molecule has 2 saturated heterocycles. The van der Waals surface area contributed by atoms with Gasteiger partial charge in [-0.3, -0.25) is 19.2 Å². The molecule has 2 fully saturated rings. The summed E-state index contributed by atoms with van der Waals surface area (Å²) >= 11 is 0. The van der Waals surface area contributed by atoms with Gasteiger partial charge in [0.15, 0.2) is 0 Å². The van der Waals surface area contributed by atoms with Crippen molar-refractivity contribution in [3.05, 3.63) is 42.0 Å². The van der Waals surface area contributed by atoms with Crippen LogP contribution in [0.2, 0.25) is 0 Å². The van der Waals surface area contributed by atoms with E-state index in [2.05, 4.69) is 6.08 Å². The van der Waals surface area contributed by atoms with E-state index in [0.29, 0.717) is 64.6 Å². The maximum absolute atomic E-state index is 13.5. The fourth-order valence-electron chi connectivity index (χ4n) is 5.44. The molecule has 0 spiro atoms. The van der Waals surface area contributed by atoms with Crippen molar-refractivity contribution in [2.75, 3.05) is 52.4 Å². The Balaban J connectivity index is 1.52. The first kappa shape index (κ1) is 27.7. The highest BCUT2D eigenvalue weighted by molar-refractivity contribution is 5.87. The number of piperidine rings is 1. The maximum atomic E-state index is 13.5. The Kier molecular flexibility index (Phi) is 8.74. The predicted octanol–water partition coefficient (Wildman–Crippen LogP) is 2.17. The molecule has 0 radical (unpaired) electrons. The third kappa shape index (κ3) is 6.74. The van der Waals surface area contributed by atoms with E-state index in [1.165, 1.54) is 0 Å². The summed E-state index contributed by atoms with van der Waals surface area (Å²) in [4.78, 5) is 57.9. The van der Waals surface area contributed by atoms with Crippen LogP contribution in [0.5, 0.6) is 5.75 Å². The van der Waals surface area contributed by atoms with Gasteiger partial charge in [0, 0.05) is 63.2 Å². The number of hydrogen-bond acceptors (Lipinski definition) is 5. The molecule has 1 aromatic carbocycles. The first-order chi connectivity index (χ1) is 18.2. The Morgan fingerprint density at radius 3 is 2.47 bits per heavy atom. The zero-order valence-corrected chi connectivity index (χ0v) is 22.8. The summed E-state index contributed by atoms with van der Waals surface area (Å²) in [5, 5.41) is 0. The second-order valence-electron chi connectivity index (χ2n) is 11.5. The van der Waals surface area contributed by atoms with Gasteiger partial charge in [-0.2, -0.15) is 0 Å². The Morgan fingerprint density at radius 1 is 1.03 bits per heavy atom. The van der Waals surface area contributed by atoms with Gasteiger partial charge in [0.2, 0.25) is 24.1 Å². The number of nitrogens with zero attached hydrogens (tertiary/aromatic N) is 4. The van der Waals surface area contributed by atoms with Crippen molar-refractivity contribution < 1.29 is 23.9 Å². The van der Waals surface area contributed by atoms with Crippen LogP contribution in [0, 0.1) is 17.3 Å². The summed E-state index contributed by atoms with van der Waals surface area (Å²) in [5.74, 6) is 0.758. The molecule has 4 amide bonds. The lowest BCUT2D eigenvalue weighted by Gasteiger charge is -2.40. The number of benzene rings is 1. The summed E-state index contributed by atoms with van der Waals surface area (Å²) in [6.45, 7) is 9.58. The predicted molar refractivity (Wildman–Crippen MR) is 143 cm³/mol. The minimum atomic E-state index is -0.626. The number of amides is 4. The number of carbonyl (C=O) groups is 4. The molecule has 3 heterocycles. The summed E-state index contributed by atoms with van der Waals surface area (Å²) in [6, 6.07) is 7.63. The number of carbonyl (C=O) groups excluding carboxylic acids is 4. The van der Waals surface area contributed by atoms with Crippen molar-refractivity contribution in [2.45, 2.75) is 40.2 Å². The number of hydrogen-bond donors (Lipinski definition) is 0. The molecule has 3 aliphatic heterocycles. The number of rotatable bonds is 3. The van der Waals surface area contributed by atoms with Crippen LogP contribution in [0.4, 0.5) is 0 Å². The first-order valence-electron chi connectivity index (χ1n) is 13.6. The number of fused-ring (bicyclic) bond motifs is 3. The smallest absolute Gasteiger partial charge is 0.242 e. The van der Waals surface area contributed by atoms with Crippen molar-refractivity contribution >= 4 is 24.1 Å². The third-order valence-corrected chi connectivity index (χ3v) is 7.72. The van der Waals surface area contributed by atoms with Crippen LogP contribution in [-0.4, -0.2) is 96.2 Å². The maximum Gasteiger partial charge on any atom is 0.242 e. The van der Waals surface area contributed by atoms with Gasteiger partial charge < -0.3 is 24.3 Å². The Labute approximate surface area is 225 Å². The fourth-order valence-corrected chi connectivity index (χ4v) is 5.44. The molecular formula is C29H40N4O5. The summed E-state index contributed by atoms with van der Waals surface area (Å²) in [7, 11) is 0. The van der Waals surface area contributed by atoms with Gasteiger partial charge in [0.25, 0.3) is 0 Å². The molecule has 206 valence electrons. The average Bonchev–Trinajstić information content (AvgIpc) is 2.91. The topological polar surface area (TPSA) is 90.5 Å². The van der Waals surface area contributed by atoms with Gasteiger partial charge in [-0.05, 0) is 24.3 Å². The molecule has 3 aliphatic rings. The molecule has 4 rings (SSSR count). The molecule has 0 unspecified atom stereocenters. The highest BCUT2D eigenvalue weighted by atomic mass is 16.5. The van der Waals surface area contributed by atoms with Crippen LogP contribution in [-0.2, 0) is 25.7 Å². The summed E-state index contributed by atoms with van der Waals surface area (Å²) in [5.41, 5.74) is 0.236. The van der Waals surface area contributed by atoms with Crippen molar-refractivity contribution in [2.24, 2.45) is 17.3 Å². The highest BCUT2D eigenvalue weighted by Gasteiger charge is 2.35. The largest absolute Gasteiger partial charge is 0.489 e. The molecule has 0 saturated carbocycles. The van der Waals surface area contributed by atoms with Crippen molar-refractivity contribution in [3.63, 3.8) is 0 Å². The van der Waals surface area contributed by atoms with Gasteiger partial charge >= 0.3 is 0 Å². The summed E-state index contributed by atoms with van der Waals surface area (Å²) < 4.78 is 6.08. The molecule has 38 heavy (non-hydrogen) atoms. The van der Waals surface area contributed by atoms with E-state index in [-0.39, 0.29) is 36.1 Å². The molecule has 2 bridgehead atoms. The van der Waals surface area contributed by atoms with Crippen LogP contribution < -0.4 is 4.74 Å². The lowest BCUT2D eigenvalue weighted by Crippen LogP contribution is -2.51. The van der Waals surface area contributed by atoms with E-state index < -0.39 is 5.41 Å². The van der Waals surface area contributed by atoms with Crippen LogP contribution in [0.25, 0.3) is 0 Å². The zero-order chi connectivity index (χ0) is 27.3.